The van der Waals surface area contributed by atoms with Crippen molar-refractivity contribution < 1.29 is 4.79 Å². The first-order valence-corrected chi connectivity index (χ1v) is 10.9. The van der Waals surface area contributed by atoms with E-state index in [2.05, 4.69) is 38.4 Å². The smallest absolute Gasteiger partial charge is 0.256 e. The molecular weight excluding hydrogens is 440 g/mol. The van der Waals surface area contributed by atoms with Crippen LogP contribution in [0, 0.1) is 0 Å². The summed E-state index contributed by atoms with van der Waals surface area (Å²) in [7, 11) is 0. The minimum Gasteiger partial charge on any atom is -0.322 e. The van der Waals surface area contributed by atoms with Crippen LogP contribution < -0.4 is 5.32 Å². The third-order valence-corrected chi connectivity index (χ3v) is 6.87. The van der Waals surface area contributed by atoms with Crippen LogP contribution in [-0.2, 0) is 5.75 Å². The van der Waals surface area contributed by atoms with Gasteiger partial charge in [0.1, 0.15) is 0 Å². The molecule has 0 radical (unpaired) electrons. The van der Waals surface area contributed by atoms with Crippen LogP contribution in [-0.4, -0.2) is 10.9 Å². The van der Waals surface area contributed by atoms with Crippen molar-refractivity contribution in [3.63, 3.8) is 0 Å². The molecular formula is C21H15BrN2OS2. The van der Waals surface area contributed by atoms with Crippen molar-refractivity contribution in [3.8, 4) is 0 Å². The summed E-state index contributed by atoms with van der Waals surface area (Å²) in [5.41, 5.74) is 3.62. The normalized spacial score (nSPS) is 10.9. The second-order valence-corrected chi connectivity index (χ2v) is 8.98. The zero-order valence-corrected chi connectivity index (χ0v) is 17.4. The lowest BCUT2D eigenvalue weighted by molar-refractivity contribution is 0.102. The molecule has 0 spiro atoms. The Bertz CT molecular complexity index is 1100. The van der Waals surface area contributed by atoms with Gasteiger partial charge in [-0.15, -0.1) is 11.3 Å². The first-order valence-electron chi connectivity index (χ1n) is 8.32. The predicted octanol–water partition coefficient (Wildman–Crippen LogP) is 6.60. The van der Waals surface area contributed by atoms with E-state index in [-0.39, 0.29) is 5.91 Å². The van der Waals surface area contributed by atoms with E-state index < -0.39 is 0 Å². The molecule has 1 amide bonds. The van der Waals surface area contributed by atoms with Gasteiger partial charge in [0.2, 0.25) is 0 Å². The molecule has 3 nitrogen and oxygen atoms in total. The van der Waals surface area contributed by atoms with Gasteiger partial charge in [-0.05, 0) is 51.8 Å². The summed E-state index contributed by atoms with van der Waals surface area (Å²) in [6.45, 7) is 0. The van der Waals surface area contributed by atoms with Crippen molar-refractivity contribution in [1.82, 2.24) is 4.98 Å². The van der Waals surface area contributed by atoms with Gasteiger partial charge >= 0.3 is 0 Å². The number of nitrogens with zero attached hydrogens (tertiary/aromatic N) is 1. The Kier molecular flexibility index (Phi) is 5.57. The topological polar surface area (TPSA) is 42.0 Å². The number of hydrogen-bond donors (Lipinski definition) is 1. The van der Waals surface area contributed by atoms with Crippen molar-refractivity contribution in [2.24, 2.45) is 0 Å². The fourth-order valence-corrected chi connectivity index (χ4v) is 5.13. The number of anilines is 1. The Morgan fingerprint density at radius 3 is 2.63 bits per heavy atom. The van der Waals surface area contributed by atoms with E-state index in [1.807, 2.05) is 54.6 Å². The maximum Gasteiger partial charge on any atom is 0.256 e. The molecule has 0 bridgehead atoms. The number of rotatable bonds is 5. The summed E-state index contributed by atoms with van der Waals surface area (Å²) >= 11 is 6.80. The summed E-state index contributed by atoms with van der Waals surface area (Å²) in [5.74, 6) is 0.761. The molecule has 27 heavy (non-hydrogen) atoms. The van der Waals surface area contributed by atoms with Gasteiger partial charge in [-0.25, -0.2) is 4.98 Å². The average molecular weight is 455 g/mol. The molecule has 1 N–H and O–H groups in total. The molecule has 1 heterocycles. The summed E-state index contributed by atoms with van der Waals surface area (Å²) in [4.78, 5) is 17.2. The van der Waals surface area contributed by atoms with Gasteiger partial charge in [0.25, 0.3) is 5.91 Å². The molecule has 4 aromatic rings. The third kappa shape index (κ3) is 4.40. The number of halogens is 1. The van der Waals surface area contributed by atoms with Crippen LogP contribution in [0.25, 0.3) is 10.2 Å². The van der Waals surface area contributed by atoms with Crippen LogP contribution in [0.3, 0.4) is 0 Å². The highest BCUT2D eigenvalue weighted by Crippen LogP contribution is 2.33. The lowest BCUT2D eigenvalue weighted by Gasteiger charge is -2.06. The molecule has 0 fully saturated rings. The number of thioether (sulfide) groups is 1. The number of amides is 1. The van der Waals surface area contributed by atoms with E-state index in [0.29, 0.717) is 5.56 Å². The summed E-state index contributed by atoms with van der Waals surface area (Å²) in [5, 5.41) is 2.96. The van der Waals surface area contributed by atoms with Crippen LogP contribution in [0.4, 0.5) is 5.69 Å². The zero-order valence-electron chi connectivity index (χ0n) is 14.2. The molecule has 0 aliphatic carbocycles. The van der Waals surface area contributed by atoms with E-state index >= 15 is 0 Å². The van der Waals surface area contributed by atoms with Gasteiger partial charge in [-0.2, -0.15) is 0 Å². The quantitative estimate of drug-likeness (QED) is 0.345. The van der Waals surface area contributed by atoms with Crippen molar-refractivity contribution in [2.75, 3.05) is 5.32 Å². The molecule has 6 heteroatoms. The SMILES string of the molecule is O=C(Nc1ccc2nc(SCc3ccccc3)sc2c1)c1ccccc1Br. The highest BCUT2D eigenvalue weighted by Gasteiger charge is 2.11. The maximum absolute atomic E-state index is 12.5. The molecule has 0 saturated heterocycles. The van der Waals surface area contributed by atoms with E-state index in [1.54, 1.807) is 29.2 Å². The van der Waals surface area contributed by atoms with E-state index in [4.69, 9.17) is 0 Å². The fourth-order valence-electron chi connectivity index (χ4n) is 2.61. The van der Waals surface area contributed by atoms with Crippen LogP contribution in [0.2, 0.25) is 0 Å². The largest absolute Gasteiger partial charge is 0.322 e. The number of nitrogens with one attached hydrogen (secondary N) is 1. The summed E-state index contributed by atoms with van der Waals surface area (Å²) < 4.78 is 2.87. The van der Waals surface area contributed by atoms with Crippen LogP contribution in [0.5, 0.6) is 0 Å². The van der Waals surface area contributed by atoms with Crippen LogP contribution in [0.1, 0.15) is 15.9 Å². The molecule has 4 rings (SSSR count). The fraction of sp³-hybridized carbons (Fsp3) is 0.0476. The summed E-state index contributed by atoms with van der Waals surface area (Å²) in [6, 6.07) is 23.6. The third-order valence-electron chi connectivity index (χ3n) is 3.95. The Labute approximate surface area is 174 Å². The zero-order chi connectivity index (χ0) is 18.6. The molecule has 0 atom stereocenters. The minimum absolute atomic E-state index is 0.134. The van der Waals surface area contributed by atoms with Gasteiger partial charge in [-0.1, -0.05) is 54.2 Å². The number of hydrogen-bond acceptors (Lipinski definition) is 4. The first-order chi connectivity index (χ1) is 13.2. The number of benzene rings is 3. The Balaban J connectivity index is 1.49. The molecule has 0 unspecified atom stereocenters. The monoisotopic (exact) mass is 454 g/mol. The Hall–Kier alpha value is -2.15. The van der Waals surface area contributed by atoms with Crippen molar-refractivity contribution in [2.45, 2.75) is 10.1 Å². The van der Waals surface area contributed by atoms with Gasteiger partial charge < -0.3 is 5.32 Å². The molecule has 0 saturated carbocycles. The molecule has 0 aliphatic heterocycles. The minimum atomic E-state index is -0.134. The highest BCUT2D eigenvalue weighted by atomic mass is 79.9. The van der Waals surface area contributed by atoms with Crippen molar-refractivity contribution in [3.05, 3.63) is 88.4 Å². The molecule has 134 valence electrons. The van der Waals surface area contributed by atoms with Gasteiger partial charge in [0.15, 0.2) is 4.34 Å². The highest BCUT2D eigenvalue weighted by molar-refractivity contribution is 9.10. The van der Waals surface area contributed by atoms with E-state index in [0.717, 1.165) is 30.5 Å². The average Bonchev–Trinajstić information content (AvgIpc) is 3.10. The lowest BCUT2D eigenvalue weighted by atomic mass is 10.2. The van der Waals surface area contributed by atoms with Gasteiger partial charge in [-0.3, -0.25) is 4.79 Å². The molecule has 0 aliphatic rings. The molecule has 3 aromatic carbocycles. The van der Waals surface area contributed by atoms with Crippen molar-refractivity contribution >= 4 is 60.8 Å². The summed E-state index contributed by atoms with van der Waals surface area (Å²) in [6.07, 6.45) is 0. The maximum atomic E-state index is 12.5. The van der Waals surface area contributed by atoms with Crippen LogP contribution in [0.15, 0.2) is 81.6 Å². The standard InChI is InChI=1S/C21H15BrN2OS2/c22-17-9-5-4-8-16(17)20(25)23-15-10-11-18-19(12-15)27-21(24-18)26-13-14-6-2-1-3-7-14/h1-12H,13H2,(H,23,25). The first kappa shape index (κ1) is 18.2. The number of carbonyl (C=O) groups excluding carboxylic acids is 1. The molecule has 1 aromatic heterocycles. The van der Waals surface area contributed by atoms with Gasteiger partial charge in [0, 0.05) is 15.9 Å². The number of fused-ring (bicyclic) bond motifs is 1. The number of carbonyl (C=O) groups is 1. The predicted molar refractivity (Wildman–Crippen MR) is 118 cm³/mol. The number of thiazole rings is 1. The Morgan fingerprint density at radius 2 is 1.81 bits per heavy atom. The second-order valence-electron chi connectivity index (χ2n) is 5.87. The second kappa shape index (κ2) is 8.25. The Morgan fingerprint density at radius 1 is 1.04 bits per heavy atom. The van der Waals surface area contributed by atoms with Gasteiger partial charge in [0.05, 0.1) is 15.8 Å². The van der Waals surface area contributed by atoms with E-state index in [9.17, 15) is 4.79 Å². The van der Waals surface area contributed by atoms with E-state index in [1.165, 1.54) is 5.56 Å². The lowest BCUT2D eigenvalue weighted by Crippen LogP contribution is -2.12. The number of aromatic nitrogens is 1. The van der Waals surface area contributed by atoms with Crippen molar-refractivity contribution in [1.29, 1.82) is 0 Å². The van der Waals surface area contributed by atoms with Crippen LogP contribution >= 0.6 is 39.0 Å².